The minimum atomic E-state index is -0.720. The van der Waals surface area contributed by atoms with Gasteiger partial charge < -0.3 is 9.88 Å². The normalized spacial score (nSPS) is 16.3. The summed E-state index contributed by atoms with van der Waals surface area (Å²) in [6.45, 7) is 1.75. The SMILES string of the molecule is Cc1cc(=O)n(CC(=O)NC2(C#N)CCC2)cc1Br. The molecule has 0 unspecified atom stereocenters. The molecule has 1 heterocycles. The fourth-order valence-corrected chi connectivity index (χ4v) is 2.38. The van der Waals surface area contributed by atoms with Gasteiger partial charge in [-0.15, -0.1) is 0 Å². The van der Waals surface area contributed by atoms with Gasteiger partial charge in [-0.2, -0.15) is 5.26 Å². The Bertz CT molecular complexity index is 611. The average Bonchev–Trinajstić information content (AvgIpc) is 2.31. The van der Waals surface area contributed by atoms with E-state index in [1.54, 1.807) is 6.20 Å². The van der Waals surface area contributed by atoms with Gasteiger partial charge in [0.05, 0.1) is 6.07 Å². The zero-order valence-electron chi connectivity index (χ0n) is 10.6. The first-order valence-electron chi connectivity index (χ1n) is 6.05. The molecule has 6 heteroatoms. The van der Waals surface area contributed by atoms with Gasteiger partial charge in [0.25, 0.3) is 5.56 Å². The summed E-state index contributed by atoms with van der Waals surface area (Å²) in [5, 5.41) is 11.8. The highest BCUT2D eigenvalue weighted by atomic mass is 79.9. The van der Waals surface area contributed by atoms with Gasteiger partial charge in [0.1, 0.15) is 12.1 Å². The molecule has 2 rings (SSSR count). The van der Waals surface area contributed by atoms with E-state index in [-0.39, 0.29) is 18.0 Å². The summed E-state index contributed by atoms with van der Waals surface area (Å²) in [7, 11) is 0. The van der Waals surface area contributed by atoms with E-state index < -0.39 is 5.54 Å². The molecule has 1 saturated carbocycles. The van der Waals surface area contributed by atoms with Crippen LogP contribution in [0.25, 0.3) is 0 Å². The van der Waals surface area contributed by atoms with Crippen LogP contribution in [0.5, 0.6) is 0 Å². The van der Waals surface area contributed by atoms with Crippen LogP contribution in [-0.4, -0.2) is 16.0 Å². The van der Waals surface area contributed by atoms with Gasteiger partial charge in [-0.3, -0.25) is 9.59 Å². The number of aryl methyl sites for hydroxylation is 1. The molecule has 0 atom stereocenters. The monoisotopic (exact) mass is 323 g/mol. The van der Waals surface area contributed by atoms with Crippen LogP contribution in [0.1, 0.15) is 24.8 Å². The number of hydrogen-bond acceptors (Lipinski definition) is 3. The van der Waals surface area contributed by atoms with Gasteiger partial charge in [0.15, 0.2) is 0 Å². The molecular formula is C13H14BrN3O2. The molecule has 0 bridgehead atoms. The minimum Gasteiger partial charge on any atom is -0.336 e. The Kier molecular flexibility index (Phi) is 3.76. The van der Waals surface area contributed by atoms with Crippen LogP contribution in [-0.2, 0) is 11.3 Å². The number of amides is 1. The molecule has 1 amide bonds. The van der Waals surface area contributed by atoms with Gasteiger partial charge >= 0.3 is 0 Å². The van der Waals surface area contributed by atoms with Crippen molar-refractivity contribution in [1.29, 1.82) is 5.26 Å². The first-order valence-corrected chi connectivity index (χ1v) is 6.84. The quantitative estimate of drug-likeness (QED) is 0.915. The maximum Gasteiger partial charge on any atom is 0.251 e. The number of hydrogen-bond donors (Lipinski definition) is 1. The predicted molar refractivity (Wildman–Crippen MR) is 73.5 cm³/mol. The van der Waals surface area contributed by atoms with Crippen LogP contribution in [0, 0.1) is 18.3 Å². The smallest absolute Gasteiger partial charge is 0.251 e. The summed E-state index contributed by atoms with van der Waals surface area (Å²) in [5.74, 6) is -0.306. The summed E-state index contributed by atoms with van der Waals surface area (Å²) in [4.78, 5) is 23.6. The number of nitrogens with one attached hydrogen (secondary N) is 1. The van der Waals surface area contributed by atoms with Gasteiger partial charge in [-0.1, -0.05) is 0 Å². The molecule has 0 radical (unpaired) electrons. The molecule has 1 aliphatic rings. The van der Waals surface area contributed by atoms with E-state index in [1.165, 1.54) is 10.6 Å². The lowest BCUT2D eigenvalue weighted by Crippen LogP contribution is -2.53. The van der Waals surface area contributed by atoms with Crippen molar-refractivity contribution in [3.8, 4) is 6.07 Å². The molecule has 1 N–H and O–H groups in total. The number of nitriles is 1. The highest BCUT2D eigenvalue weighted by Gasteiger charge is 2.38. The van der Waals surface area contributed by atoms with Gasteiger partial charge in [-0.25, -0.2) is 0 Å². The number of halogens is 1. The minimum absolute atomic E-state index is 0.0683. The second-order valence-corrected chi connectivity index (χ2v) is 5.72. The Morgan fingerprint density at radius 1 is 1.63 bits per heavy atom. The topological polar surface area (TPSA) is 74.9 Å². The van der Waals surface area contributed by atoms with Crippen molar-refractivity contribution in [3.05, 3.63) is 32.7 Å². The fourth-order valence-electron chi connectivity index (χ4n) is 2.02. The number of carbonyl (C=O) groups is 1. The number of pyridine rings is 1. The number of rotatable bonds is 3. The highest BCUT2D eigenvalue weighted by Crippen LogP contribution is 2.30. The van der Waals surface area contributed by atoms with Crippen molar-refractivity contribution >= 4 is 21.8 Å². The van der Waals surface area contributed by atoms with Crippen molar-refractivity contribution < 1.29 is 4.79 Å². The van der Waals surface area contributed by atoms with Crippen LogP contribution in [0.2, 0.25) is 0 Å². The van der Waals surface area contributed by atoms with Gasteiger partial charge in [-0.05, 0) is 47.7 Å². The Morgan fingerprint density at radius 3 is 2.84 bits per heavy atom. The Morgan fingerprint density at radius 2 is 2.32 bits per heavy atom. The van der Waals surface area contributed by atoms with E-state index in [0.717, 1.165) is 16.5 Å². The van der Waals surface area contributed by atoms with E-state index in [1.807, 2.05) is 6.92 Å². The molecular weight excluding hydrogens is 310 g/mol. The number of aromatic nitrogens is 1. The Balaban J connectivity index is 2.10. The van der Waals surface area contributed by atoms with Crippen molar-refractivity contribution in [2.24, 2.45) is 0 Å². The maximum atomic E-state index is 11.9. The van der Waals surface area contributed by atoms with Crippen LogP contribution < -0.4 is 10.9 Å². The van der Waals surface area contributed by atoms with E-state index in [9.17, 15) is 9.59 Å². The Hall–Kier alpha value is -1.61. The lowest BCUT2D eigenvalue weighted by atomic mass is 9.78. The van der Waals surface area contributed by atoms with Gasteiger partial charge in [0.2, 0.25) is 5.91 Å². The second kappa shape index (κ2) is 5.17. The Labute approximate surface area is 119 Å². The second-order valence-electron chi connectivity index (χ2n) is 4.87. The first-order chi connectivity index (χ1) is 8.96. The molecule has 100 valence electrons. The molecule has 19 heavy (non-hydrogen) atoms. The van der Waals surface area contributed by atoms with E-state index >= 15 is 0 Å². The van der Waals surface area contributed by atoms with E-state index in [0.29, 0.717) is 12.8 Å². The van der Waals surface area contributed by atoms with Crippen molar-refractivity contribution in [2.45, 2.75) is 38.3 Å². The number of nitrogens with zero attached hydrogens (tertiary/aromatic N) is 2. The van der Waals surface area contributed by atoms with Gasteiger partial charge in [0, 0.05) is 16.7 Å². The van der Waals surface area contributed by atoms with Crippen LogP contribution in [0.15, 0.2) is 21.5 Å². The summed E-state index contributed by atoms with van der Waals surface area (Å²) in [6, 6.07) is 3.61. The third kappa shape index (κ3) is 2.87. The highest BCUT2D eigenvalue weighted by molar-refractivity contribution is 9.10. The molecule has 0 saturated heterocycles. The third-order valence-corrected chi connectivity index (χ3v) is 4.21. The predicted octanol–water partition coefficient (Wildman–Crippen LogP) is 1.48. The van der Waals surface area contributed by atoms with Crippen LogP contribution >= 0.6 is 15.9 Å². The fraction of sp³-hybridized carbons (Fsp3) is 0.462. The summed E-state index contributed by atoms with van der Waals surface area (Å²) in [5.41, 5.74) is -0.118. The van der Waals surface area contributed by atoms with Crippen molar-refractivity contribution in [1.82, 2.24) is 9.88 Å². The van der Waals surface area contributed by atoms with Crippen molar-refractivity contribution in [3.63, 3.8) is 0 Å². The van der Waals surface area contributed by atoms with E-state index in [2.05, 4.69) is 27.3 Å². The van der Waals surface area contributed by atoms with Crippen LogP contribution in [0.4, 0.5) is 0 Å². The molecule has 0 aromatic carbocycles. The molecule has 1 aromatic heterocycles. The standard InChI is InChI=1S/C13H14BrN3O2/c1-9-5-12(19)17(6-10(9)14)7-11(18)16-13(8-15)3-2-4-13/h5-6H,2-4,7H2,1H3,(H,16,18). The van der Waals surface area contributed by atoms with E-state index in [4.69, 9.17) is 5.26 Å². The summed E-state index contributed by atoms with van der Waals surface area (Å²) in [6.07, 6.45) is 3.91. The lowest BCUT2D eigenvalue weighted by molar-refractivity contribution is -0.123. The molecule has 0 aliphatic heterocycles. The summed E-state index contributed by atoms with van der Waals surface area (Å²) < 4.78 is 2.11. The lowest BCUT2D eigenvalue weighted by Gasteiger charge is -2.35. The molecule has 1 fully saturated rings. The molecule has 0 spiro atoms. The zero-order chi connectivity index (χ0) is 14.0. The maximum absolute atomic E-state index is 11.9. The zero-order valence-corrected chi connectivity index (χ0v) is 12.2. The summed E-state index contributed by atoms with van der Waals surface area (Å²) >= 11 is 3.33. The average molecular weight is 324 g/mol. The third-order valence-electron chi connectivity index (χ3n) is 3.38. The number of carbonyl (C=O) groups excluding carboxylic acids is 1. The first kappa shape index (κ1) is 13.8. The van der Waals surface area contributed by atoms with Crippen LogP contribution in [0.3, 0.4) is 0 Å². The molecule has 5 nitrogen and oxygen atoms in total. The van der Waals surface area contributed by atoms with Crippen molar-refractivity contribution in [2.75, 3.05) is 0 Å². The largest absolute Gasteiger partial charge is 0.336 e. The molecule has 1 aromatic rings. The molecule has 1 aliphatic carbocycles.